The molecular weight excluding hydrogens is 486 g/mol. The molecule has 0 aliphatic rings. The van der Waals surface area contributed by atoms with Crippen LogP contribution in [0.3, 0.4) is 0 Å². The second kappa shape index (κ2) is 13.1. The van der Waals surface area contributed by atoms with Crippen molar-refractivity contribution < 1.29 is 29.0 Å². The monoisotopic (exact) mass is 515 g/mol. The second-order valence-corrected chi connectivity index (χ2v) is 9.01. The number of nitrogens with one attached hydrogen (secondary N) is 3. The summed E-state index contributed by atoms with van der Waals surface area (Å²) in [6.07, 6.45) is -0.196. The summed E-state index contributed by atoms with van der Waals surface area (Å²) in [5.74, 6) is -0.901. The maximum Gasteiger partial charge on any atom is 0.414 e. The zero-order valence-electron chi connectivity index (χ0n) is 20.7. The number of non-ortho nitro benzene ring substituents is 2. The summed E-state index contributed by atoms with van der Waals surface area (Å²) in [5, 5.41) is 29.6. The number of nitrogens with zero attached hydrogens (tertiary/aromatic N) is 2. The van der Waals surface area contributed by atoms with E-state index in [1.165, 1.54) is 36.4 Å². The van der Waals surface area contributed by atoms with E-state index in [1.54, 1.807) is 6.92 Å². The number of hydrogen-bond donors (Lipinski definition) is 3. The van der Waals surface area contributed by atoms with Gasteiger partial charge < -0.3 is 15.4 Å². The average Bonchev–Trinajstić information content (AvgIpc) is 2.85. The molecule has 0 bridgehead atoms. The Labute approximate surface area is 212 Å². The largest absolute Gasteiger partial charge is 0.447 e. The highest BCUT2D eigenvalue weighted by Gasteiger charge is 2.29. The highest BCUT2D eigenvalue weighted by Crippen LogP contribution is 2.14. The van der Waals surface area contributed by atoms with Gasteiger partial charge in [0.25, 0.3) is 23.2 Å². The van der Waals surface area contributed by atoms with E-state index in [1.807, 2.05) is 5.32 Å². The lowest BCUT2D eigenvalue weighted by Gasteiger charge is -2.31. The molecule has 0 fully saturated rings. The number of hydrogen-bond acceptors (Lipinski definition) is 9. The number of ether oxygens (including phenoxy) is 1. The first-order chi connectivity index (χ1) is 17.4. The minimum Gasteiger partial charge on any atom is -0.447 e. The fraction of sp³-hybridized carbons (Fsp3) is 0.375. The minimum atomic E-state index is -1.09. The molecule has 1 atom stereocenters. The molecule has 13 nitrogen and oxygen atoms in total. The highest BCUT2D eigenvalue weighted by molar-refractivity contribution is 6.03. The Bertz CT molecular complexity index is 1130. The molecule has 0 aliphatic carbocycles. The predicted octanol–water partition coefficient (Wildman–Crippen LogP) is 3.19. The van der Waals surface area contributed by atoms with E-state index in [0.29, 0.717) is 12.5 Å². The van der Waals surface area contributed by atoms with Gasteiger partial charge in [-0.25, -0.2) is 4.79 Å². The first-order valence-corrected chi connectivity index (χ1v) is 11.4. The summed E-state index contributed by atoms with van der Waals surface area (Å²) in [5.41, 5.74) is -1.26. The van der Waals surface area contributed by atoms with Crippen LogP contribution in [0.4, 0.5) is 16.2 Å². The average molecular weight is 516 g/mol. The van der Waals surface area contributed by atoms with Crippen LogP contribution >= 0.6 is 0 Å². The molecule has 0 saturated heterocycles. The minimum absolute atomic E-state index is 0.0205. The molecule has 198 valence electrons. The molecule has 3 N–H and O–H groups in total. The SMILES string of the molecule is CC(C)CCNCC(C)(COC(=O)NC(=O)c1ccc([N+](=O)[O-])cc1)NC(=O)c1ccc([N+](=O)[O-])cc1. The van der Waals surface area contributed by atoms with Crippen molar-refractivity contribution in [1.82, 2.24) is 16.0 Å². The number of carbonyl (C=O) groups is 3. The Morgan fingerprint density at radius 1 is 0.892 bits per heavy atom. The van der Waals surface area contributed by atoms with Crippen molar-refractivity contribution in [2.24, 2.45) is 5.92 Å². The third-order valence-corrected chi connectivity index (χ3v) is 5.25. The van der Waals surface area contributed by atoms with Gasteiger partial charge in [0.15, 0.2) is 0 Å². The van der Waals surface area contributed by atoms with Gasteiger partial charge in [-0.15, -0.1) is 0 Å². The van der Waals surface area contributed by atoms with Crippen molar-refractivity contribution in [3.63, 3.8) is 0 Å². The van der Waals surface area contributed by atoms with Crippen LogP contribution in [0, 0.1) is 26.1 Å². The van der Waals surface area contributed by atoms with Crippen LogP contribution < -0.4 is 16.0 Å². The van der Waals surface area contributed by atoms with E-state index in [9.17, 15) is 34.6 Å². The standard InChI is InChI=1S/C24H29N5O8/c1-16(2)12-13-25-14-24(3,27-22(31)18-6-10-20(11-7-18)29(35)36)15-37-23(32)26-21(30)17-4-8-19(9-5-17)28(33)34/h4-11,16,25H,12-15H2,1-3H3,(H,27,31)(H,26,30,32). The van der Waals surface area contributed by atoms with E-state index in [2.05, 4.69) is 24.5 Å². The van der Waals surface area contributed by atoms with E-state index < -0.39 is 33.3 Å². The van der Waals surface area contributed by atoms with E-state index in [-0.39, 0.29) is 35.7 Å². The Morgan fingerprint density at radius 2 is 1.38 bits per heavy atom. The molecule has 0 aromatic heterocycles. The Hall–Kier alpha value is -4.39. The van der Waals surface area contributed by atoms with E-state index in [0.717, 1.165) is 18.6 Å². The molecular formula is C24H29N5O8. The van der Waals surface area contributed by atoms with Gasteiger partial charge in [-0.2, -0.15) is 0 Å². The summed E-state index contributed by atoms with van der Waals surface area (Å²) in [6, 6.07) is 9.72. The first kappa shape index (κ1) is 28.8. The number of amides is 3. The van der Waals surface area contributed by atoms with Crippen molar-refractivity contribution >= 4 is 29.3 Å². The van der Waals surface area contributed by atoms with Gasteiger partial charge in [0.2, 0.25) is 0 Å². The van der Waals surface area contributed by atoms with Crippen LogP contribution in [0.15, 0.2) is 48.5 Å². The molecule has 13 heteroatoms. The number of imide groups is 1. The molecule has 0 radical (unpaired) electrons. The molecule has 0 spiro atoms. The van der Waals surface area contributed by atoms with Gasteiger partial charge in [0.1, 0.15) is 6.61 Å². The molecule has 0 heterocycles. The topological polar surface area (TPSA) is 183 Å². The van der Waals surface area contributed by atoms with Gasteiger partial charge in [0, 0.05) is 41.9 Å². The normalized spacial score (nSPS) is 12.3. The molecule has 2 aromatic rings. The number of alkyl carbamates (subject to hydrolysis) is 1. The van der Waals surface area contributed by atoms with Crippen molar-refractivity contribution in [3.8, 4) is 0 Å². The zero-order valence-corrected chi connectivity index (χ0v) is 20.7. The third-order valence-electron chi connectivity index (χ3n) is 5.25. The molecule has 0 saturated carbocycles. The first-order valence-electron chi connectivity index (χ1n) is 11.4. The van der Waals surface area contributed by atoms with Gasteiger partial charge in [-0.05, 0) is 50.1 Å². The summed E-state index contributed by atoms with van der Waals surface area (Å²) in [6.45, 7) is 6.33. The maximum atomic E-state index is 12.8. The molecule has 3 amide bonds. The molecule has 2 rings (SSSR count). The van der Waals surface area contributed by atoms with E-state index in [4.69, 9.17) is 4.74 Å². The van der Waals surface area contributed by atoms with Gasteiger partial charge in [0.05, 0.1) is 15.4 Å². The quantitative estimate of drug-likeness (QED) is 0.217. The molecule has 0 aliphatic heterocycles. The van der Waals surface area contributed by atoms with Crippen LogP contribution in [-0.2, 0) is 4.74 Å². The summed E-state index contributed by atoms with van der Waals surface area (Å²) >= 11 is 0. The fourth-order valence-corrected chi connectivity index (χ4v) is 3.13. The van der Waals surface area contributed by atoms with E-state index >= 15 is 0 Å². The Balaban J connectivity index is 2.03. The highest BCUT2D eigenvalue weighted by atomic mass is 16.6. The lowest BCUT2D eigenvalue weighted by Crippen LogP contribution is -2.56. The molecule has 37 heavy (non-hydrogen) atoms. The zero-order chi connectivity index (χ0) is 27.6. The number of benzene rings is 2. The van der Waals surface area contributed by atoms with Gasteiger partial charge in [-0.3, -0.25) is 35.1 Å². The van der Waals surface area contributed by atoms with Crippen LogP contribution in [0.25, 0.3) is 0 Å². The number of carbonyl (C=O) groups excluding carboxylic acids is 3. The van der Waals surface area contributed by atoms with Gasteiger partial charge >= 0.3 is 6.09 Å². The van der Waals surface area contributed by atoms with Crippen molar-refractivity contribution in [1.29, 1.82) is 0 Å². The summed E-state index contributed by atoms with van der Waals surface area (Å²) in [4.78, 5) is 57.7. The smallest absolute Gasteiger partial charge is 0.414 e. The lowest BCUT2D eigenvalue weighted by atomic mass is 10.0. The molecule has 2 aromatic carbocycles. The second-order valence-electron chi connectivity index (χ2n) is 9.01. The maximum absolute atomic E-state index is 12.8. The molecule has 1 unspecified atom stereocenters. The number of nitro benzene ring substituents is 2. The van der Waals surface area contributed by atoms with Crippen LogP contribution in [-0.4, -0.2) is 53.0 Å². The van der Waals surface area contributed by atoms with Crippen LogP contribution in [0.1, 0.15) is 47.9 Å². The predicted molar refractivity (Wildman–Crippen MR) is 133 cm³/mol. The number of rotatable bonds is 12. The van der Waals surface area contributed by atoms with Crippen molar-refractivity contribution in [2.45, 2.75) is 32.7 Å². The summed E-state index contributed by atoms with van der Waals surface area (Å²) in [7, 11) is 0. The third kappa shape index (κ3) is 9.29. The lowest BCUT2D eigenvalue weighted by molar-refractivity contribution is -0.385. The van der Waals surface area contributed by atoms with Crippen LogP contribution in [0.2, 0.25) is 0 Å². The Morgan fingerprint density at radius 3 is 1.84 bits per heavy atom. The van der Waals surface area contributed by atoms with Crippen molar-refractivity contribution in [3.05, 3.63) is 79.9 Å². The fourth-order valence-electron chi connectivity index (χ4n) is 3.13. The van der Waals surface area contributed by atoms with Gasteiger partial charge in [-0.1, -0.05) is 13.8 Å². The van der Waals surface area contributed by atoms with Crippen molar-refractivity contribution in [2.75, 3.05) is 19.7 Å². The summed E-state index contributed by atoms with van der Waals surface area (Å²) < 4.78 is 5.20. The van der Waals surface area contributed by atoms with Crippen LogP contribution in [0.5, 0.6) is 0 Å². The number of nitro groups is 2. The Kier molecular flexibility index (Phi) is 10.2.